The summed E-state index contributed by atoms with van der Waals surface area (Å²) in [6.45, 7) is 4.33. The number of allylic oxidation sites excluding steroid dienone is 1. The Morgan fingerprint density at radius 3 is 2.83 bits per heavy atom. The lowest BCUT2D eigenvalue weighted by atomic mass is 10.2. The summed E-state index contributed by atoms with van der Waals surface area (Å²) < 4.78 is 0. The number of nitrogens with zero attached hydrogens (tertiary/aromatic N) is 7. The Bertz CT molecular complexity index is 1130. The second kappa shape index (κ2) is 7.49. The number of nitrogens with two attached hydrogens (primary N) is 1. The average molecular weight is 427 g/mol. The minimum atomic E-state index is 0.617. The van der Waals surface area contributed by atoms with Gasteiger partial charge in [-0.15, -0.1) is 0 Å². The van der Waals surface area contributed by atoms with Gasteiger partial charge in [-0.25, -0.2) is 24.9 Å². The minimum absolute atomic E-state index is 0.617. The fourth-order valence-electron chi connectivity index (χ4n) is 3.62. The highest BCUT2D eigenvalue weighted by atomic mass is 35.5. The van der Waals surface area contributed by atoms with Crippen molar-refractivity contribution in [2.45, 2.75) is 29.8 Å². The van der Waals surface area contributed by atoms with Crippen LogP contribution in [-0.2, 0) is 6.42 Å². The number of halogens is 1. The molecule has 4 heterocycles. The molecule has 8 nitrogen and oxygen atoms in total. The molecule has 148 valence electrons. The Kier molecular flexibility index (Phi) is 4.83. The van der Waals surface area contributed by atoms with Crippen LogP contribution in [0, 0.1) is 0 Å². The highest BCUT2D eigenvalue weighted by Gasteiger charge is 2.30. The first-order valence-electron chi connectivity index (χ1n) is 9.40. The van der Waals surface area contributed by atoms with Crippen molar-refractivity contribution in [1.29, 1.82) is 0 Å². The van der Waals surface area contributed by atoms with Crippen molar-refractivity contribution in [1.82, 2.24) is 29.9 Å². The quantitative estimate of drug-likeness (QED) is 0.498. The molecule has 0 unspecified atom stereocenters. The highest BCUT2D eigenvalue weighted by molar-refractivity contribution is 7.99. The molecule has 0 radical (unpaired) electrons. The van der Waals surface area contributed by atoms with E-state index in [1.165, 1.54) is 17.3 Å². The van der Waals surface area contributed by atoms with Gasteiger partial charge in [0.2, 0.25) is 0 Å². The molecule has 0 bridgehead atoms. The van der Waals surface area contributed by atoms with Crippen molar-refractivity contribution in [2.24, 2.45) is 5.84 Å². The van der Waals surface area contributed by atoms with Crippen LogP contribution in [0.15, 0.2) is 40.3 Å². The predicted octanol–water partition coefficient (Wildman–Crippen LogP) is 2.84. The van der Waals surface area contributed by atoms with Crippen LogP contribution < -0.4 is 10.7 Å². The molecule has 29 heavy (non-hydrogen) atoms. The number of rotatable bonds is 4. The molecule has 2 aliphatic rings. The zero-order valence-corrected chi connectivity index (χ0v) is 17.4. The number of hydrazine groups is 1. The molecular formula is C19H19ClN8S. The number of fused-ring (bicyclic) bond motifs is 2. The van der Waals surface area contributed by atoms with Gasteiger partial charge in [-0.05, 0) is 29.8 Å². The van der Waals surface area contributed by atoms with E-state index in [0.29, 0.717) is 17.5 Å². The van der Waals surface area contributed by atoms with Crippen LogP contribution in [0.2, 0.25) is 0 Å². The van der Waals surface area contributed by atoms with Crippen molar-refractivity contribution < 1.29 is 0 Å². The zero-order valence-electron chi connectivity index (χ0n) is 15.8. The molecule has 0 aromatic carbocycles. The third kappa shape index (κ3) is 3.44. The Morgan fingerprint density at radius 2 is 2.03 bits per heavy atom. The maximum Gasteiger partial charge on any atom is 0.194 e. The third-order valence-corrected chi connectivity index (χ3v) is 6.38. The maximum absolute atomic E-state index is 6.70. The fraction of sp³-hybridized carbons (Fsp3) is 0.316. The summed E-state index contributed by atoms with van der Waals surface area (Å²) >= 11 is 8.17. The molecule has 3 aromatic heterocycles. The summed E-state index contributed by atoms with van der Waals surface area (Å²) in [7, 11) is 0. The molecule has 1 aliphatic carbocycles. The Hall–Kier alpha value is -2.33. The molecule has 1 fully saturated rings. The predicted molar refractivity (Wildman–Crippen MR) is 113 cm³/mol. The van der Waals surface area contributed by atoms with Gasteiger partial charge in [0, 0.05) is 43.0 Å². The molecule has 0 saturated carbocycles. The normalized spacial score (nSPS) is 16.9. The Labute approximate surface area is 177 Å². The zero-order chi connectivity index (χ0) is 20.0. The van der Waals surface area contributed by atoms with E-state index in [9.17, 15) is 0 Å². The standard InChI is InChI=1S/C19H19ClN8S/c1-2-11-7-13-15(16(11)20)18(27-5-6-28(21)10-27)26-19(25-13)29-12-8-14-17(24-9-12)23-4-3-22-14/h3-4,8-9H,2,5-7,10,21H2,1H3. The van der Waals surface area contributed by atoms with Crippen molar-refractivity contribution in [3.8, 4) is 0 Å². The Balaban J connectivity index is 1.54. The average Bonchev–Trinajstić information content (AvgIpc) is 3.30. The van der Waals surface area contributed by atoms with Crippen molar-refractivity contribution in [3.63, 3.8) is 0 Å². The fourth-order valence-corrected chi connectivity index (χ4v) is 4.79. The van der Waals surface area contributed by atoms with E-state index in [-0.39, 0.29) is 0 Å². The summed E-state index contributed by atoms with van der Waals surface area (Å²) in [5, 5.41) is 3.23. The summed E-state index contributed by atoms with van der Waals surface area (Å²) in [4.78, 5) is 25.7. The van der Waals surface area contributed by atoms with Gasteiger partial charge in [-0.3, -0.25) is 10.8 Å². The van der Waals surface area contributed by atoms with Crippen LogP contribution in [0.1, 0.15) is 24.6 Å². The molecule has 1 saturated heterocycles. The van der Waals surface area contributed by atoms with Crippen molar-refractivity contribution in [3.05, 3.63) is 41.5 Å². The summed E-state index contributed by atoms with van der Waals surface area (Å²) in [6.07, 6.45) is 6.73. The van der Waals surface area contributed by atoms with E-state index in [0.717, 1.165) is 58.5 Å². The van der Waals surface area contributed by atoms with Gasteiger partial charge in [0.15, 0.2) is 10.8 Å². The van der Waals surface area contributed by atoms with Crippen LogP contribution >= 0.6 is 23.4 Å². The van der Waals surface area contributed by atoms with Crippen LogP contribution in [0.4, 0.5) is 5.82 Å². The lowest BCUT2D eigenvalue weighted by Crippen LogP contribution is -2.31. The smallest absolute Gasteiger partial charge is 0.194 e. The molecule has 0 spiro atoms. The first-order valence-corrected chi connectivity index (χ1v) is 10.6. The topological polar surface area (TPSA) is 96.9 Å². The Morgan fingerprint density at radius 1 is 1.17 bits per heavy atom. The van der Waals surface area contributed by atoms with E-state index >= 15 is 0 Å². The molecule has 0 amide bonds. The van der Waals surface area contributed by atoms with E-state index in [4.69, 9.17) is 27.4 Å². The van der Waals surface area contributed by atoms with Gasteiger partial charge in [-0.2, -0.15) is 0 Å². The molecule has 5 rings (SSSR count). The van der Waals surface area contributed by atoms with Gasteiger partial charge < -0.3 is 4.90 Å². The van der Waals surface area contributed by atoms with E-state index in [2.05, 4.69) is 26.8 Å². The lowest BCUT2D eigenvalue weighted by molar-refractivity contribution is 0.357. The summed E-state index contributed by atoms with van der Waals surface area (Å²) in [6, 6.07) is 1.95. The molecule has 0 atom stereocenters. The molecule has 3 aromatic rings. The van der Waals surface area contributed by atoms with Crippen molar-refractivity contribution >= 4 is 45.4 Å². The number of pyridine rings is 1. The molecule has 1 aliphatic heterocycles. The third-order valence-electron chi connectivity index (χ3n) is 5.10. The molecule has 2 N–H and O–H groups in total. The van der Waals surface area contributed by atoms with Crippen LogP contribution in [0.5, 0.6) is 0 Å². The van der Waals surface area contributed by atoms with Gasteiger partial charge in [0.1, 0.15) is 11.3 Å². The summed E-state index contributed by atoms with van der Waals surface area (Å²) in [5.74, 6) is 6.84. The highest BCUT2D eigenvalue weighted by Crippen LogP contribution is 2.42. The van der Waals surface area contributed by atoms with E-state index in [1.54, 1.807) is 23.6 Å². The second-order valence-electron chi connectivity index (χ2n) is 6.99. The molecular weight excluding hydrogens is 408 g/mol. The van der Waals surface area contributed by atoms with Gasteiger partial charge in [0.25, 0.3) is 0 Å². The number of anilines is 1. The SMILES string of the molecule is CCC1=C(Cl)c2c(nc(Sc3cnc4nccnc4c3)nc2N2CCN(N)C2)C1. The van der Waals surface area contributed by atoms with Gasteiger partial charge in [-0.1, -0.05) is 18.5 Å². The van der Waals surface area contributed by atoms with Crippen LogP contribution in [0.25, 0.3) is 16.2 Å². The number of aromatic nitrogens is 5. The largest absolute Gasteiger partial charge is 0.340 e. The first-order chi connectivity index (χ1) is 14.1. The van der Waals surface area contributed by atoms with E-state index < -0.39 is 0 Å². The van der Waals surface area contributed by atoms with Crippen molar-refractivity contribution in [2.75, 3.05) is 24.7 Å². The number of hydrogen-bond donors (Lipinski definition) is 1. The van der Waals surface area contributed by atoms with Crippen LogP contribution in [-0.4, -0.2) is 49.7 Å². The van der Waals surface area contributed by atoms with E-state index in [1.807, 2.05) is 6.07 Å². The van der Waals surface area contributed by atoms with Gasteiger partial charge in [0.05, 0.1) is 23.0 Å². The minimum Gasteiger partial charge on any atom is -0.340 e. The van der Waals surface area contributed by atoms with Gasteiger partial charge >= 0.3 is 0 Å². The first kappa shape index (κ1) is 18.7. The second-order valence-corrected chi connectivity index (χ2v) is 8.41. The van der Waals surface area contributed by atoms with Crippen LogP contribution in [0.3, 0.4) is 0 Å². The summed E-state index contributed by atoms with van der Waals surface area (Å²) in [5.41, 5.74) is 4.49. The molecule has 10 heteroatoms. The number of hydrogen-bond acceptors (Lipinski definition) is 9. The maximum atomic E-state index is 6.70. The monoisotopic (exact) mass is 426 g/mol. The lowest BCUT2D eigenvalue weighted by Gasteiger charge is -2.20.